The molecule has 2 N–H and O–H groups in total. The number of rotatable bonds is 6. The van der Waals surface area contributed by atoms with Crippen molar-refractivity contribution < 1.29 is 24.2 Å². The first kappa shape index (κ1) is 17.3. The maximum absolute atomic E-state index is 11.7. The number of carbonyl (C=O) groups excluding carboxylic acids is 2. The molecule has 0 spiro atoms. The summed E-state index contributed by atoms with van der Waals surface area (Å²) in [6.45, 7) is 1.35. The molecule has 2 rings (SSSR count). The van der Waals surface area contributed by atoms with Gasteiger partial charge in [-0.1, -0.05) is 12.1 Å². The van der Waals surface area contributed by atoms with Gasteiger partial charge in [0, 0.05) is 13.3 Å². The van der Waals surface area contributed by atoms with Crippen molar-refractivity contribution in [2.24, 2.45) is 0 Å². The van der Waals surface area contributed by atoms with Crippen LogP contribution in [0.5, 0.6) is 17.2 Å². The van der Waals surface area contributed by atoms with E-state index in [0.29, 0.717) is 17.9 Å². The van der Waals surface area contributed by atoms with Gasteiger partial charge in [-0.3, -0.25) is 4.79 Å². The second kappa shape index (κ2) is 8.01. The van der Waals surface area contributed by atoms with Gasteiger partial charge in [0.25, 0.3) is 0 Å². The van der Waals surface area contributed by atoms with E-state index in [0.717, 1.165) is 5.56 Å². The number of phenols is 1. The highest BCUT2D eigenvalue weighted by molar-refractivity contribution is 5.83. The first-order valence-electron chi connectivity index (χ1n) is 7.38. The van der Waals surface area contributed by atoms with Crippen LogP contribution in [0.2, 0.25) is 0 Å². The van der Waals surface area contributed by atoms with Crippen LogP contribution in [0.15, 0.2) is 48.5 Å². The van der Waals surface area contributed by atoms with E-state index in [4.69, 9.17) is 9.47 Å². The van der Waals surface area contributed by atoms with E-state index in [1.54, 1.807) is 24.3 Å². The second-order valence-corrected chi connectivity index (χ2v) is 5.22. The first-order valence-corrected chi connectivity index (χ1v) is 7.38. The molecule has 0 radical (unpaired) electrons. The molecule has 1 atom stereocenters. The van der Waals surface area contributed by atoms with Crippen molar-refractivity contribution in [3.05, 3.63) is 54.1 Å². The lowest BCUT2D eigenvalue weighted by molar-refractivity contribution is -0.144. The fraction of sp³-hybridized carbons (Fsp3) is 0.222. The highest BCUT2D eigenvalue weighted by atomic mass is 16.5. The van der Waals surface area contributed by atoms with Crippen LogP contribution >= 0.6 is 0 Å². The largest absolute Gasteiger partial charge is 0.508 e. The van der Waals surface area contributed by atoms with Crippen LogP contribution in [-0.4, -0.2) is 30.1 Å². The monoisotopic (exact) mass is 329 g/mol. The highest BCUT2D eigenvalue weighted by Gasteiger charge is 2.20. The van der Waals surface area contributed by atoms with Crippen LogP contribution in [0.3, 0.4) is 0 Å². The number of methoxy groups -OCH3 is 1. The molecule has 0 aromatic heterocycles. The average molecular weight is 329 g/mol. The predicted molar refractivity (Wildman–Crippen MR) is 87.9 cm³/mol. The summed E-state index contributed by atoms with van der Waals surface area (Å²) in [5, 5.41) is 11.8. The summed E-state index contributed by atoms with van der Waals surface area (Å²) < 4.78 is 10.4. The molecular weight excluding hydrogens is 310 g/mol. The lowest BCUT2D eigenvalue weighted by Gasteiger charge is -2.15. The van der Waals surface area contributed by atoms with Gasteiger partial charge in [-0.2, -0.15) is 0 Å². The van der Waals surface area contributed by atoms with E-state index < -0.39 is 12.0 Å². The Bertz CT molecular complexity index is 694. The van der Waals surface area contributed by atoms with Gasteiger partial charge in [0.15, 0.2) is 0 Å². The lowest BCUT2D eigenvalue weighted by Crippen LogP contribution is -2.41. The molecule has 0 aliphatic heterocycles. The fourth-order valence-corrected chi connectivity index (χ4v) is 2.16. The van der Waals surface area contributed by atoms with E-state index in [2.05, 4.69) is 5.32 Å². The number of amides is 1. The molecule has 0 saturated heterocycles. The summed E-state index contributed by atoms with van der Waals surface area (Å²) in [4.78, 5) is 22.9. The SMILES string of the molecule is COC(=O)[C@H](Cc1ccc(Oc2ccc(O)cc2)cc1)NC(C)=O. The van der Waals surface area contributed by atoms with E-state index in [1.807, 2.05) is 12.1 Å². The summed E-state index contributed by atoms with van der Waals surface area (Å²) in [5.41, 5.74) is 0.859. The topological polar surface area (TPSA) is 84.9 Å². The van der Waals surface area contributed by atoms with Gasteiger partial charge < -0.3 is 19.9 Å². The van der Waals surface area contributed by atoms with Gasteiger partial charge in [0.1, 0.15) is 23.3 Å². The van der Waals surface area contributed by atoms with E-state index in [9.17, 15) is 14.7 Å². The molecule has 0 bridgehead atoms. The molecule has 2 aromatic rings. The Kier molecular flexibility index (Phi) is 5.78. The second-order valence-electron chi connectivity index (χ2n) is 5.22. The third-order valence-electron chi connectivity index (χ3n) is 3.30. The number of phenolic OH excluding ortho intramolecular Hbond substituents is 1. The molecule has 0 aliphatic carbocycles. The Hall–Kier alpha value is -3.02. The third-order valence-corrected chi connectivity index (χ3v) is 3.30. The molecule has 0 fully saturated rings. The van der Waals surface area contributed by atoms with Gasteiger partial charge >= 0.3 is 5.97 Å². The van der Waals surface area contributed by atoms with Crippen LogP contribution < -0.4 is 10.1 Å². The zero-order valence-electron chi connectivity index (χ0n) is 13.5. The van der Waals surface area contributed by atoms with Crippen LogP contribution in [0.1, 0.15) is 12.5 Å². The first-order chi connectivity index (χ1) is 11.5. The summed E-state index contributed by atoms with van der Waals surface area (Å²) >= 11 is 0. The van der Waals surface area contributed by atoms with Gasteiger partial charge in [-0.15, -0.1) is 0 Å². The van der Waals surface area contributed by atoms with Crippen molar-refractivity contribution in [1.29, 1.82) is 0 Å². The quantitative estimate of drug-likeness (QED) is 0.795. The zero-order chi connectivity index (χ0) is 17.5. The normalized spacial score (nSPS) is 11.4. The van der Waals surface area contributed by atoms with Crippen LogP contribution in [0.4, 0.5) is 0 Å². The van der Waals surface area contributed by atoms with E-state index in [-0.39, 0.29) is 11.7 Å². The predicted octanol–water partition coefficient (Wildman–Crippen LogP) is 2.40. The number of benzene rings is 2. The maximum Gasteiger partial charge on any atom is 0.328 e. The molecular formula is C18H19NO5. The number of aromatic hydroxyl groups is 1. The standard InChI is InChI=1S/C18H19NO5/c1-12(20)19-17(18(22)23-2)11-13-3-7-15(8-4-13)24-16-9-5-14(21)6-10-16/h3-10,17,21H,11H2,1-2H3,(H,19,20)/t17-/m0/s1. The summed E-state index contributed by atoms with van der Waals surface area (Å²) in [6, 6.07) is 12.8. The zero-order valence-corrected chi connectivity index (χ0v) is 13.5. The minimum Gasteiger partial charge on any atom is -0.508 e. The smallest absolute Gasteiger partial charge is 0.328 e. The van der Waals surface area contributed by atoms with Crippen LogP contribution in [0.25, 0.3) is 0 Å². The number of nitrogens with one attached hydrogen (secondary N) is 1. The Balaban J connectivity index is 2.03. The van der Waals surface area contributed by atoms with Gasteiger partial charge in [-0.25, -0.2) is 4.79 Å². The minimum atomic E-state index is -0.726. The molecule has 0 saturated carbocycles. The summed E-state index contributed by atoms with van der Waals surface area (Å²) in [6.07, 6.45) is 0.325. The number of esters is 1. The van der Waals surface area contributed by atoms with Gasteiger partial charge in [0.2, 0.25) is 5.91 Å². The summed E-state index contributed by atoms with van der Waals surface area (Å²) in [5.74, 6) is 0.613. The van der Waals surface area contributed by atoms with Crippen LogP contribution in [0, 0.1) is 0 Å². The Labute approximate surface area is 140 Å². The molecule has 0 unspecified atom stereocenters. The minimum absolute atomic E-state index is 0.171. The van der Waals surface area contributed by atoms with Crippen molar-refractivity contribution in [3.63, 3.8) is 0 Å². The fourth-order valence-electron chi connectivity index (χ4n) is 2.16. The van der Waals surface area contributed by atoms with Crippen molar-refractivity contribution in [2.75, 3.05) is 7.11 Å². The Morgan fingerprint density at radius 3 is 2.08 bits per heavy atom. The molecule has 126 valence electrons. The maximum atomic E-state index is 11.7. The summed E-state index contributed by atoms with van der Waals surface area (Å²) in [7, 11) is 1.28. The number of hydrogen-bond donors (Lipinski definition) is 2. The number of carbonyl (C=O) groups is 2. The van der Waals surface area contributed by atoms with Gasteiger partial charge in [0.05, 0.1) is 7.11 Å². The molecule has 1 amide bonds. The molecule has 0 heterocycles. The van der Waals surface area contributed by atoms with Crippen molar-refractivity contribution in [3.8, 4) is 17.2 Å². The van der Waals surface area contributed by atoms with Crippen molar-refractivity contribution >= 4 is 11.9 Å². The number of hydrogen-bond acceptors (Lipinski definition) is 5. The molecule has 0 aliphatic rings. The Morgan fingerprint density at radius 2 is 1.58 bits per heavy atom. The van der Waals surface area contributed by atoms with E-state index >= 15 is 0 Å². The molecule has 6 nitrogen and oxygen atoms in total. The third kappa shape index (κ3) is 5.01. The van der Waals surface area contributed by atoms with Crippen molar-refractivity contribution in [1.82, 2.24) is 5.32 Å². The lowest BCUT2D eigenvalue weighted by atomic mass is 10.1. The van der Waals surface area contributed by atoms with Crippen molar-refractivity contribution in [2.45, 2.75) is 19.4 Å². The highest BCUT2D eigenvalue weighted by Crippen LogP contribution is 2.23. The average Bonchev–Trinajstić information content (AvgIpc) is 2.57. The molecule has 2 aromatic carbocycles. The Morgan fingerprint density at radius 1 is 1.04 bits per heavy atom. The molecule has 24 heavy (non-hydrogen) atoms. The van der Waals surface area contributed by atoms with Crippen LogP contribution in [-0.2, 0) is 20.7 Å². The molecule has 6 heteroatoms. The number of ether oxygens (including phenoxy) is 2. The van der Waals surface area contributed by atoms with Gasteiger partial charge in [-0.05, 0) is 42.0 Å². The van der Waals surface area contributed by atoms with E-state index in [1.165, 1.54) is 26.2 Å².